The second-order valence-electron chi connectivity index (χ2n) is 3.87. The smallest absolute Gasteiger partial charge is 0.260 e. The Kier molecular flexibility index (Phi) is 3.03. The Morgan fingerprint density at radius 2 is 2.10 bits per heavy atom. The molecule has 2 heterocycles. The van der Waals surface area contributed by atoms with Crippen LogP contribution in [0.4, 0.5) is 10.3 Å². The molecule has 0 aliphatic heterocycles. The predicted octanol–water partition coefficient (Wildman–Crippen LogP) is 2.40. The number of anilines is 1. The Morgan fingerprint density at radius 3 is 2.90 bits per heavy atom. The van der Waals surface area contributed by atoms with E-state index in [-0.39, 0.29) is 16.7 Å². The average Bonchev–Trinajstić information content (AvgIpc) is 2.88. The van der Waals surface area contributed by atoms with Crippen molar-refractivity contribution in [3.63, 3.8) is 0 Å². The van der Waals surface area contributed by atoms with Crippen LogP contribution < -0.4 is 5.32 Å². The number of imidazole rings is 1. The van der Waals surface area contributed by atoms with Crippen molar-refractivity contribution in [2.45, 2.75) is 0 Å². The second kappa shape index (κ2) is 4.86. The highest BCUT2D eigenvalue weighted by Gasteiger charge is 2.14. The van der Waals surface area contributed by atoms with Crippen LogP contribution in [0.15, 0.2) is 30.6 Å². The summed E-state index contributed by atoms with van der Waals surface area (Å²) in [5.74, 6) is -1.33. The van der Waals surface area contributed by atoms with E-state index in [0.29, 0.717) is 11.2 Å². The summed E-state index contributed by atoms with van der Waals surface area (Å²) < 4.78 is 13.5. The van der Waals surface area contributed by atoms with Crippen LogP contribution in [0.3, 0.4) is 0 Å². The third-order valence-electron chi connectivity index (χ3n) is 2.59. The number of aromatic amines is 1. The quantitative estimate of drug-likeness (QED) is 0.710. The van der Waals surface area contributed by atoms with E-state index >= 15 is 0 Å². The summed E-state index contributed by atoms with van der Waals surface area (Å²) >= 11 is 5.92. The van der Waals surface area contributed by atoms with Crippen molar-refractivity contribution in [3.8, 4) is 0 Å². The molecule has 0 spiro atoms. The number of halogens is 2. The van der Waals surface area contributed by atoms with Gasteiger partial charge in [0.15, 0.2) is 10.8 Å². The SMILES string of the molecule is O=C(Nc1nc(Cl)c2[nH]cnc2n1)c1ccccc1F. The molecule has 0 aliphatic rings. The topological polar surface area (TPSA) is 83.6 Å². The molecule has 3 rings (SSSR count). The van der Waals surface area contributed by atoms with Crippen molar-refractivity contribution in [1.82, 2.24) is 19.9 Å². The van der Waals surface area contributed by atoms with E-state index in [0.717, 1.165) is 0 Å². The molecule has 6 nitrogen and oxygen atoms in total. The van der Waals surface area contributed by atoms with Gasteiger partial charge in [-0.25, -0.2) is 9.37 Å². The Balaban J connectivity index is 1.93. The number of benzene rings is 1. The number of nitrogens with one attached hydrogen (secondary N) is 2. The van der Waals surface area contributed by atoms with E-state index in [1.165, 1.54) is 24.5 Å². The molecule has 8 heteroatoms. The molecular weight excluding hydrogens is 285 g/mol. The lowest BCUT2D eigenvalue weighted by molar-refractivity contribution is 0.102. The molecule has 3 aromatic rings. The number of nitrogens with zero attached hydrogens (tertiary/aromatic N) is 3. The highest BCUT2D eigenvalue weighted by atomic mass is 35.5. The number of carbonyl (C=O) groups excluding carboxylic acids is 1. The molecule has 0 saturated heterocycles. The van der Waals surface area contributed by atoms with Gasteiger partial charge in [-0.1, -0.05) is 23.7 Å². The molecule has 0 atom stereocenters. The number of amides is 1. The molecule has 20 heavy (non-hydrogen) atoms. The van der Waals surface area contributed by atoms with Crippen molar-refractivity contribution >= 4 is 34.6 Å². The Morgan fingerprint density at radius 1 is 1.30 bits per heavy atom. The monoisotopic (exact) mass is 291 g/mol. The van der Waals surface area contributed by atoms with Gasteiger partial charge in [0.05, 0.1) is 11.9 Å². The van der Waals surface area contributed by atoms with Gasteiger partial charge in [-0.3, -0.25) is 10.1 Å². The number of aromatic nitrogens is 4. The van der Waals surface area contributed by atoms with Crippen molar-refractivity contribution in [2.75, 3.05) is 5.32 Å². The van der Waals surface area contributed by atoms with Crippen LogP contribution in [0.2, 0.25) is 5.15 Å². The molecular formula is C12H7ClFN5O. The highest BCUT2D eigenvalue weighted by Crippen LogP contribution is 2.18. The van der Waals surface area contributed by atoms with Gasteiger partial charge >= 0.3 is 0 Å². The van der Waals surface area contributed by atoms with Crippen LogP contribution in [0.1, 0.15) is 10.4 Å². The van der Waals surface area contributed by atoms with Crippen molar-refractivity contribution in [2.24, 2.45) is 0 Å². The summed E-state index contributed by atoms with van der Waals surface area (Å²) in [4.78, 5) is 26.5. The third kappa shape index (κ3) is 2.19. The molecule has 0 radical (unpaired) electrons. The van der Waals surface area contributed by atoms with Crippen molar-refractivity contribution in [1.29, 1.82) is 0 Å². The fourth-order valence-corrected chi connectivity index (χ4v) is 1.89. The average molecular weight is 292 g/mol. The fraction of sp³-hybridized carbons (Fsp3) is 0. The summed E-state index contributed by atoms with van der Waals surface area (Å²) in [5, 5.41) is 2.50. The van der Waals surface area contributed by atoms with Gasteiger partial charge in [0.25, 0.3) is 5.91 Å². The van der Waals surface area contributed by atoms with Crippen molar-refractivity contribution < 1.29 is 9.18 Å². The standard InChI is InChI=1S/C12H7ClFN5O/c13-9-8-10(16-5-15-8)18-12(17-9)19-11(20)6-3-1-2-4-7(6)14/h1-5H,(H2,15,16,17,18,19,20). The normalized spacial score (nSPS) is 10.7. The van der Waals surface area contributed by atoms with Gasteiger partial charge < -0.3 is 4.98 Å². The van der Waals surface area contributed by atoms with Crippen LogP contribution >= 0.6 is 11.6 Å². The number of rotatable bonds is 2. The third-order valence-corrected chi connectivity index (χ3v) is 2.86. The molecule has 0 fully saturated rings. The summed E-state index contributed by atoms with van der Waals surface area (Å²) in [5.41, 5.74) is 0.679. The Bertz CT molecular complexity index is 803. The van der Waals surface area contributed by atoms with Gasteiger partial charge in [-0.15, -0.1) is 0 Å². The van der Waals surface area contributed by atoms with E-state index < -0.39 is 11.7 Å². The number of fused-ring (bicyclic) bond motifs is 1. The van der Waals surface area contributed by atoms with E-state index in [1.54, 1.807) is 6.07 Å². The molecule has 100 valence electrons. The van der Waals surface area contributed by atoms with E-state index in [4.69, 9.17) is 11.6 Å². The van der Waals surface area contributed by atoms with Crippen molar-refractivity contribution in [3.05, 3.63) is 47.1 Å². The minimum atomic E-state index is -0.658. The zero-order chi connectivity index (χ0) is 14.1. The minimum Gasteiger partial charge on any atom is -0.341 e. The molecule has 2 aromatic heterocycles. The zero-order valence-electron chi connectivity index (χ0n) is 9.89. The minimum absolute atomic E-state index is 0.0390. The molecule has 2 N–H and O–H groups in total. The van der Waals surface area contributed by atoms with Gasteiger partial charge in [0.2, 0.25) is 5.95 Å². The van der Waals surface area contributed by atoms with Crippen LogP contribution in [0.5, 0.6) is 0 Å². The number of H-pyrrole nitrogens is 1. The lowest BCUT2D eigenvalue weighted by Crippen LogP contribution is -2.15. The fourth-order valence-electron chi connectivity index (χ4n) is 1.67. The largest absolute Gasteiger partial charge is 0.341 e. The summed E-state index contributed by atoms with van der Waals surface area (Å²) in [7, 11) is 0. The molecule has 0 aliphatic carbocycles. The van der Waals surface area contributed by atoms with E-state index in [2.05, 4.69) is 25.3 Å². The Labute approximate surface area is 117 Å². The first-order valence-electron chi connectivity index (χ1n) is 5.57. The predicted molar refractivity (Wildman–Crippen MR) is 71.0 cm³/mol. The van der Waals surface area contributed by atoms with Crippen LogP contribution in [0.25, 0.3) is 11.2 Å². The lowest BCUT2D eigenvalue weighted by Gasteiger charge is -2.04. The summed E-state index contributed by atoms with van der Waals surface area (Å²) in [6, 6.07) is 5.61. The first-order valence-corrected chi connectivity index (χ1v) is 5.95. The van der Waals surface area contributed by atoms with Gasteiger partial charge in [-0.05, 0) is 12.1 Å². The number of carbonyl (C=O) groups is 1. The molecule has 1 amide bonds. The molecule has 1 aromatic carbocycles. The maximum atomic E-state index is 13.5. The first kappa shape index (κ1) is 12.5. The highest BCUT2D eigenvalue weighted by molar-refractivity contribution is 6.33. The zero-order valence-corrected chi connectivity index (χ0v) is 10.6. The molecule has 0 bridgehead atoms. The van der Waals surface area contributed by atoms with Crippen LogP contribution in [0, 0.1) is 5.82 Å². The van der Waals surface area contributed by atoms with E-state index in [1.807, 2.05) is 0 Å². The molecule has 0 saturated carbocycles. The van der Waals surface area contributed by atoms with Gasteiger partial charge in [0, 0.05) is 0 Å². The second-order valence-corrected chi connectivity index (χ2v) is 4.23. The first-order chi connectivity index (χ1) is 9.65. The van der Waals surface area contributed by atoms with Crippen LogP contribution in [-0.4, -0.2) is 25.8 Å². The van der Waals surface area contributed by atoms with Crippen LogP contribution in [-0.2, 0) is 0 Å². The van der Waals surface area contributed by atoms with Gasteiger partial charge in [0.1, 0.15) is 11.3 Å². The molecule has 0 unspecified atom stereocenters. The Hall–Kier alpha value is -2.54. The summed E-state index contributed by atoms with van der Waals surface area (Å²) in [6.07, 6.45) is 1.41. The maximum Gasteiger partial charge on any atom is 0.260 e. The van der Waals surface area contributed by atoms with Gasteiger partial charge in [-0.2, -0.15) is 9.97 Å². The lowest BCUT2D eigenvalue weighted by atomic mass is 10.2. The summed E-state index contributed by atoms with van der Waals surface area (Å²) in [6.45, 7) is 0. The van der Waals surface area contributed by atoms with E-state index in [9.17, 15) is 9.18 Å². The maximum absolute atomic E-state index is 13.5. The number of hydrogen-bond acceptors (Lipinski definition) is 4. The number of hydrogen-bond donors (Lipinski definition) is 2.